The summed E-state index contributed by atoms with van der Waals surface area (Å²) in [5, 5.41) is 13.3. The summed E-state index contributed by atoms with van der Waals surface area (Å²) < 4.78 is 6.23. The summed E-state index contributed by atoms with van der Waals surface area (Å²) >= 11 is 0. The van der Waals surface area contributed by atoms with Crippen LogP contribution in [0.5, 0.6) is 5.75 Å². The lowest BCUT2D eigenvalue weighted by molar-refractivity contribution is 0.162. The highest BCUT2D eigenvalue weighted by Gasteiger charge is 2.18. The molecule has 0 unspecified atom stereocenters. The number of nitrogens with one attached hydrogen (secondary N) is 3. The number of H-pyrrole nitrogens is 2. The Balaban J connectivity index is 1.23. The Bertz CT molecular complexity index is 1540. The fourth-order valence-electron chi connectivity index (χ4n) is 5.69. The molecule has 2 aliphatic heterocycles. The normalized spacial score (nSPS) is 17.0. The van der Waals surface area contributed by atoms with E-state index < -0.39 is 0 Å². The minimum absolute atomic E-state index is 0.233. The summed E-state index contributed by atoms with van der Waals surface area (Å²) in [6, 6.07) is 13.0. The average Bonchev–Trinajstić information content (AvgIpc) is 3.58. The summed E-state index contributed by atoms with van der Waals surface area (Å²) in [5.74, 6) is 0.803. The molecule has 8 heteroatoms. The molecule has 0 aliphatic carbocycles. The molecule has 37 heavy (non-hydrogen) atoms. The van der Waals surface area contributed by atoms with Gasteiger partial charge in [-0.05, 0) is 75.5 Å². The first-order valence-corrected chi connectivity index (χ1v) is 13.4. The highest BCUT2D eigenvalue weighted by molar-refractivity contribution is 6.00. The molecule has 1 aromatic carbocycles. The van der Waals surface area contributed by atoms with Gasteiger partial charge in [0.1, 0.15) is 11.9 Å². The minimum atomic E-state index is 0.233. The molecule has 2 fully saturated rings. The van der Waals surface area contributed by atoms with E-state index in [-0.39, 0.29) is 6.10 Å². The van der Waals surface area contributed by atoms with E-state index in [9.17, 15) is 0 Å². The van der Waals surface area contributed by atoms with Crippen molar-refractivity contribution in [1.82, 2.24) is 30.5 Å². The highest BCUT2D eigenvalue weighted by atomic mass is 16.5. The van der Waals surface area contributed by atoms with Gasteiger partial charge in [-0.25, -0.2) is 4.98 Å². The summed E-state index contributed by atoms with van der Waals surface area (Å²) in [7, 11) is 0. The van der Waals surface area contributed by atoms with E-state index in [1.807, 2.05) is 12.4 Å². The average molecular weight is 494 g/mol. The van der Waals surface area contributed by atoms with Gasteiger partial charge in [0.25, 0.3) is 0 Å². The molecule has 0 amide bonds. The number of benzene rings is 1. The van der Waals surface area contributed by atoms with Gasteiger partial charge in [0.05, 0.1) is 17.6 Å². The van der Waals surface area contributed by atoms with Crippen LogP contribution in [0.3, 0.4) is 0 Å². The smallest absolute Gasteiger partial charge is 0.181 e. The maximum atomic E-state index is 6.23. The van der Waals surface area contributed by atoms with Crippen LogP contribution in [-0.2, 0) is 0 Å². The SMILES string of the molecule is c1cc(N2CCCCC2)c2cc(-c3[nH]nc4ncc(-c5cncc(OC6CCNCC6)c5)cc34)[nH]c2c1. The lowest BCUT2D eigenvalue weighted by Crippen LogP contribution is -2.34. The van der Waals surface area contributed by atoms with E-state index in [0.29, 0.717) is 5.65 Å². The summed E-state index contributed by atoms with van der Waals surface area (Å²) in [4.78, 5) is 15.2. The van der Waals surface area contributed by atoms with Gasteiger partial charge in [-0.15, -0.1) is 0 Å². The summed E-state index contributed by atoms with van der Waals surface area (Å²) in [6.07, 6.45) is 11.6. The Morgan fingerprint density at radius 2 is 1.76 bits per heavy atom. The van der Waals surface area contributed by atoms with E-state index in [0.717, 1.165) is 78.2 Å². The molecule has 0 radical (unpaired) electrons. The second kappa shape index (κ2) is 9.52. The Hall–Kier alpha value is -3.91. The van der Waals surface area contributed by atoms with Crippen molar-refractivity contribution in [2.24, 2.45) is 0 Å². The molecule has 2 aliphatic rings. The number of hydrogen-bond donors (Lipinski definition) is 3. The second-order valence-corrected chi connectivity index (χ2v) is 10.1. The first kappa shape index (κ1) is 22.3. The predicted molar refractivity (Wildman–Crippen MR) is 147 cm³/mol. The zero-order valence-electron chi connectivity index (χ0n) is 20.8. The standard InChI is InChI=1S/C29H31N7O/c1-2-11-36(12-3-1)27-6-4-5-25-23(27)15-26(33-25)28-24-14-20(17-32-29(24)35-34-28)19-13-22(18-31-16-19)37-21-7-9-30-10-8-21/h4-6,13-18,21,30,33H,1-3,7-12H2,(H,32,34,35). The monoisotopic (exact) mass is 493 g/mol. The van der Waals surface area contributed by atoms with Crippen molar-refractivity contribution in [1.29, 1.82) is 0 Å². The number of hydrogen-bond acceptors (Lipinski definition) is 6. The molecule has 0 spiro atoms. The van der Waals surface area contributed by atoms with Crippen molar-refractivity contribution in [3.8, 4) is 28.3 Å². The Kier molecular flexibility index (Phi) is 5.74. The molecule has 188 valence electrons. The number of nitrogens with zero attached hydrogens (tertiary/aromatic N) is 4. The van der Waals surface area contributed by atoms with Crippen LogP contribution in [0.25, 0.3) is 44.5 Å². The van der Waals surface area contributed by atoms with Crippen LogP contribution < -0.4 is 15.0 Å². The first-order chi connectivity index (χ1) is 18.3. The largest absolute Gasteiger partial charge is 0.489 e. The second-order valence-electron chi connectivity index (χ2n) is 10.1. The Labute approximate surface area is 215 Å². The van der Waals surface area contributed by atoms with E-state index in [1.54, 1.807) is 6.20 Å². The molecule has 5 aromatic rings. The zero-order chi connectivity index (χ0) is 24.6. The predicted octanol–water partition coefficient (Wildman–Crippen LogP) is 5.29. The van der Waals surface area contributed by atoms with Crippen LogP contribution in [0.15, 0.2) is 55.0 Å². The minimum Gasteiger partial charge on any atom is -0.489 e. The fourth-order valence-corrected chi connectivity index (χ4v) is 5.69. The van der Waals surface area contributed by atoms with Crippen molar-refractivity contribution in [3.63, 3.8) is 0 Å². The third kappa shape index (κ3) is 4.31. The summed E-state index contributed by atoms with van der Waals surface area (Å²) in [5.41, 5.74) is 7.07. The number of aromatic amines is 2. The van der Waals surface area contributed by atoms with Crippen LogP contribution in [0, 0.1) is 0 Å². The van der Waals surface area contributed by atoms with Crippen molar-refractivity contribution in [3.05, 3.63) is 55.0 Å². The lowest BCUT2D eigenvalue weighted by atomic mass is 10.1. The van der Waals surface area contributed by atoms with E-state index in [4.69, 9.17) is 4.74 Å². The van der Waals surface area contributed by atoms with Crippen LogP contribution in [0.1, 0.15) is 32.1 Å². The number of ether oxygens (including phenoxy) is 1. The fraction of sp³-hybridized carbons (Fsp3) is 0.345. The van der Waals surface area contributed by atoms with Crippen LogP contribution in [0.2, 0.25) is 0 Å². The third-order valence-electron chi connectivity index (χ3n) is 7.65. The molecule has 0 bridgehead atoms. The van der Waals surface area contributed by atoms with Crippen LogP contribution in [-0.4, -0.2) is 57.4 Å². The van der Waals surface area contributed by atoms with Crippen LogP contribution in [0.4, 0.5) is 5.69 Å². The molecule has 7 rings (SSSR count). The van der Waals surface area contributed by atoms with Crippen molar-refractivity contribution in [2.45, 2.75) is 38.2 Å². The third-order valence-corrected chi connectivity index (χ3v) is 7.65. The van der Waals surface area contributed by atoms with Gasteiger partial charge in [0.2, 0.25) is 0 Å². The number of pyridine rings is 2. The Morgan fingerprint density at radius 1 is 0.892 bits per heavy atom. The number of rotatable bonds is 5. The van der Waals surface area contributed by atoms with E-state index in [2.05, 4.69) is 71.8 Å². The maximum Gasteiger partial charge on any atom is 0.181 e. The summed E-state index contributed by atoms with van der Waals surface area (Å²) in [6.45, 7) is 4.23. The molecular weight excluding hydrogens is 462 g/mol. The highest BCUT2D eigenvalue weighted by Crippen LogP contribution is 2.35. The zero-order valence-corrected chi connectivity index (χ0v) is 20.8. The topological polar surface area (TPSA) is 94.8 Å². The van der Waals surface area contributed by atoms with Gasteiger partial charge in [-0.2, -0.15) is 5.10 Å². The molecule has 2 saturated heterocycles. The number of piperidine rings is 2. The van der Waals surface area contributed by atoms with Gasteiger partial charge in [-0.1, -0.05) is 6.07 Å². The van der Waals surface area contributed by atoms with Gasteiger partial charge >= 0.3 is 0 Å². The number of fused-ring (bicyclic) bond motifs is 2. The Morgan fingerprint density at radius 3 is 2.65 bits per heavy atom. The van der Waals surface area contributed by atoms with Crippen molar-refractivity contribution in [2.75, 3.05) is 31.1 Å². The van der Waals surface area contributed by atoms with E-state index >= 15 is 0 Å². The first-order valence-electron chi connectivity index (χ1n) is 13.4. The maximum absolute atomic E-state index is 6.23. The van der Waals surface area contributed by atoms with Crippen molar-refractivity contribution < 1.29 is 4.74 Å². The lowest BCUT2D eigenvalue weighted by Gasteiger charge is -2.29. The molecule has 0 atom stereocenters. The van der Waals surface area contributed by atoms with Gasteiger partial charge in [0.15, 0.2) is 5.65 Å². The quantitative estimate of drug-likeness (QED) is 0.308. The molecule has 3 N–H and O–H groups in total. The van der Waals surface area contributed by atoms with Gasteiger partial charge < -0.3 is 19.9 Å². The number of anilines is 1. The molecule has 6 heterocycles. The molecule has 4 aromatic heterocycles. The van der Waals surface area contributed by atoms with Gasteiger partial charge in [0, 0.05) is 58.6 Å². The van der Waals surface area contributed by atoms with Crippen LogP contribution >= 0.6 is 0 Å². The molecular formula is C29H31N7O. The molecule has 0 saturated carbocycles. The number of aromatic nitrogens is 5. The van der Waals surface area contributed by atoms with Gasteiger partial charge in [-0.3, -0.25) is 10.1 Å². The van der Waals surface area contributed by atoms with E-state index in [1.165, 1.54) is 30.3 Å². The van der Waals surface area contributed by atoms with Crippen molar-refractivity contribution >= 4 is 27.6 Å². The molecule has 8 nitrogen and oxygen atoms in total.